The second kappa shape index (κ2) is 9.77. The first kappa shape index (κ1) is 23.7. The van der Waals surface area contributed by atoms with E-state index < -0.39 is 0 Å². The largest absolute Gasteiger partial charge is 0.208 e. The van der Waals surface area contributed by atoms with Crippen molar-refractivity contribution in [2.75, 3.05) is 0 Å². The van der Waals surface area contributed by atoms with Crippen molar-refractivity contribution >= 4 is 42.3 Å². The maximum Gasteiger partial charge on any atom is 0.164 e. The zero-order valence-corrected chi connectivity index (χ0v) is 22.8. The van der Waals surface area contributed by atoms with Crippen molar-refractivity contribution in [2.45, 2.75) is 0 Å². The highest BCUT2D eigenvalue weighted by atomic mass is 32.1. The molecule has 41 heavy (non-hydrogen) atoms. The highest BCUT2D eigenvalue weighted by Crippen LogP contribution is 2.38. The Morgan fingerprint density at radius 2 is 0.927 bits per heavy atom. The van der Waals surface area contributed by atoms with Crippen LogP contribution in [0.15, 0.2) is 140 Å². The molecule has 0 unspecified atom stereocenters. The Labute approximate surface area is 241 Å². The van der Waals surface area contributed by atoms with Gasteiger partial charge in [-0.1, -0.05) is 127 Å². The Balaban J connectivity index is 1.30. The van der Waals surface area contributed by atoms with Crippen LogP contribution in [-0.4, -0.2) is 15.0 Å². The van der Waals surface area contributed by atoms with E-state index in [0.717, 1.165) is 27.5 Å². The van der Waals surface area contributed by atoms with Crippen molar-refractivity contribution in [3.63, 3.8) is 0 Å². The zero-order valence-electron chi connectivity index (χ0n) is 22.0. The van der Waals surface area contributed by atoms with Gasteiger partial charge in [0.25, 0.3) is 0 Å². The topological polar surface area (TPSA) is 38.7 Å². The van der Waals surface area contributed by atoms with Gasteiger partial charge in [-0.25, -0.2) is 15.0 Å². The highest BCUT2D eigenvalue weighted by Gasteiger charge is 2.15. The fourth-order valence-corrected chi connectivity index (χ4v) is 6.67. The molecule has 0 amide bonds. The predicted octanol–water partition coefficient (Wildman–Crippen LogP) is 10.1. The molecule has 0 aliphatic carbocycles. The lowest BCUT2D eigenvalue weighted by Gasteiger charge is -2.10. The second-order valence-electron chi connectivity index (χ2n) is 10.1. The van der Waals surface area contributed by atoms with E-state index in [-0.39, 0.29) is 0 Å². The molecule has 0 N–H and O–H groups in total. The summed E-state index contributed by atoms with van der Waals surface area (Å²) >= 11 is 1.81. The molecule has 0 saturated heterocycles. The van der Waals surface area contributed by atoms with Crippen LogP contribution in [0.25, 0.3) is 76.2 Å². The standard InChI is InChI=1S/C37H23N3S/c1-3-10-24(11-4-1)27-18-20-30-31-21-19-28(23-34(31)41-33(30)22-27)36-38-35(26-13-5-2-6-14-26)39-37(40-36)32-17-9-15-25-12-7-8-16-29(25)32/h1-23H. The van der Waals surface area contributed by atoms with Gasteiger partial charge in [0.2, 0.25) is 0 Å². The molecule has 8 aromatic rings. The van der Waals surface area contributed by atoms with Gasteiger partial charge >= 0.3 is 0 Å². The lowest BCUT2D eigenvalue weighted by Crippen LogP contribution is -2.00. The van der Waals surface area contributed by atoms with Gasteiger partial charge in [0, 0.05) is 36.9 Å². The molecule has 0 spiro atoms. The Morgan fingerprint density at radius 3 is 1.68 bits per heavy atom. The van der Waals surface area contributed by atoms with Crippen molar-refractivity contribution in [1.29, 1.82) is 0 Å². The molecule has 192 valence electrons. The van der Waals surface area contributed by atoms with E-state index in [0.29, 0.717) is 17.5 Å². The van der Waals surface area contributed by atoms with Crippen LogP contribution >= 0.6 is 11.3 Å². The van der Waals surface area contributed by atoms with E-state index in [4.69, 9.17) is 15.0 Å². The smallest absolute Gasteiger partial charge is 0.164 e. The summed E-state index contributed by atoms with van der Waals surface area (Å²) in [5.41, 5.74) is 5.41. The molecule has 0 saturated carbocycles. The molecule has 0 aliphatic rings. The first-order valence-corrected chi connectivity index (χ1v) is 14.4. The number of aromatic nitrogens is 3. The van der Waals surface area contributed by atoms with Crippen LogP contribution in [0, 0.1) is 0 Å². The summed E-state index contributed by atoms with van der Waals surface area (Å²) in [6.07, 6.45) is 0. The number of fused-ring (bicyclic) bond motifs is 4. The van der Waals surface area contributed by atoms with Crippen LogP contribution in [0.1, 0.15) is 0 Å². The van der Waals surface area contributed by atoms with Gasteiger partial charge < -0.3 is 0 Å². The van der Waals surface area contributed by atoms with E-state index in [2.05, 4.69) is 109 Å². The lowest BCUT2D eigenvalue weighted by atomic mass is 10.0. The Hall–Kier alpha value is -5.19. The monoisotopic (exact) mass is 541 g/mol. The van der Waals surface area contributed by atoms with Gasteiger partial charge in [-0.05, 0) is 34.0 Å². The Bertz CT molecular complexity index is 2200. The molecular weight excluding hydrogens is 518 g/mol. The van der Waals surface area contributed by atoms with Crippen molar-refractivity contribution in [3.8, 4) is 45.3 Å². The summed E-state index contributed by atoms with van der Waals surface area (Å²) < 4.78 is 2.49. The molecule has 3 nitrogen and oxygen atoms in total. The number of thiophene rings is 1. The average molecular weight is 542 g/mol. The third-order valence-electron chi connectivity index (χ3n) is 7.54. The molecule has 4 heteroatoms. The Morgan fingerprint density at radius 1 is 0.366 bits per heavy atom. The van der Waals surface area contributed by atoms with E-state index in [1.807, 2.05) is 41.7 Å². The van der Waals surface area contributed by atoms with Crippen LogP contribution < -0.4 is 0 Å². The van der Waals surface area contributed by atoms with Crippen LogP contribution in [0.2, 0.25) is 0 Å². The maximum atomic E-state index is 5.05. The Kier molecular flexibility index (Phi) is 5.64. The molecule has 0 fully saturated rings. The average Bonchev–Trinajstić information content (AvgIpc) is 3.42. The van der Waals surface area contributed by atoms with Gasteiger partial charge in [-0.2, -0.15) is 0 Å². The summed E-state index contributed by atoms with van der Waals surface area (Å²) in [4.78, 5) is 15.0. The molecular formula is C37H23N3S. The molecule has 0 bridgehead atoms. The van der Waals surface area contributed by atoms with Gasteiger partial charge in [-0.3, -0.25) is 0 Å². The van der Waals surface area contributed by atoms with E-state index in [1.54, 1.807) is 0 Å². The fourth-order valence-electron chi connectivity index (χ4n) is 5.49. The first-order chi connectivity index (χ1) is 20.3. The zero-order chi connectivity index (χ0) is 27.2. The highest BCUT2D eigenvalue weighted by molar-refractivity contribution is 7.25. The van der Waals surface area contributed by atoms with Crippen LogP contribution in [0.5, 0.6) is 0 Å². The predicted molar refractivity (Wildman–Crippen MR) is 172 cm³/mol. The number of nitrogens with zero attached hydrogens (tertiary/aromatic N) is 3. The van der Waals surface area contributed by atoms with Crippen LogP contribution in [-0.2, 0) is 0 Å². The molecule has 0 aliphatic heterocycles. The van der Waals surface area contributed by atoms with E-state index in [1.165, 1.54) is 31.3 Å². The molecule has 6 aromatic carbocycles. The van der Waals surface area contributed by atoms with Crippen molar-refractivity contribution < 1.29 is 0 Å². The maximum absolute atomic E-state index is 5.05. The second-order valence-corrected chi connectivity index (χ2v) is 11.2. The van der Waals surface area contributed by atoms with Crippen LogP contribution in [0.4, 0.5) is 0 Å². The van der Waals surface area contributed by atoms with Crippen molar-refractivity contribution in [1.82, 2.24) is 15.0 Å². The molecule has 0 atom stereocenters. The third-order valence-corrected chi connectivity index (χ3v) is 8.65. The van der Waals surface area contributed by atoms with Crippen molar-refractivity contribution in [3.05, 3.63) is 140 Å². The quantitative estimate of drug-likeness (QED) is 0.222. The molecule has 2 aromatic heterocycles. The third kappa shape index (κ3) is 4.26. The van der Waals surface area contributed by atoms with Gasteiger partial charge in [-0.15, -0.1) is 11.3 Å². The molecule has 0 radical (unpaired) electrons. The van der Waals surface area contributed by atoms with Crippen LogP contribution in [0.3, 0.4) is 0 Å². The minimum atomic E-state index is 0.669. The lowest BCUT2D eigenvalue weighted by molar-refractivity contribution is 1.08. The number of rotatable bonds is 4. The summed E-state index contributed by atoms with van der Waals surface area (Å²) in [5.74, 6) is 2.02. The van der Waals surface area contributed by atoms with Gasteiger partial charge in [0.15, 0.2) is 17.5 Å². The normalized spacial score (nSPS) is 11.4. The minimum absolute atomic E-state index is 0.669. The summed E-state index contributed by atoms with van der Waals surface area (Å²) in [6.45, 7) is 0. The summed E-state index contributed by atoms with van der Waals surface area (Å²) in [6, 6.07) is 48.6. The fraction of sp³-hybridized carbons (Fsp3) is 0. The van der Waals surface area contributed by atoms with Gasteiger partial charge in [0.05, 0.1) is 0 Å². The van der Waals surface area contributed by atoms with E-state index in [9.17, 15) is 0 Å². The summed E-state index contributed by atoms with van der Waals surface area (Å²) in [5, 5.41) is 4.81. The SMILES string of the molecule is c1ccc(-c2ccc3c(c2)sc2cc(-c4nc(-c5ccccc5)nc(-c5cccc6ccccc56)n4)ccc23)cc1. The molecule has 2 heterocycles. The van der Waals surface area contributed by atoms with E-state index >= 15 is 0 Å². The van der Waals surface area contributed by atoms with Crippen molar-refractivity contribution in [2.24, 2.45) is 0 Å². The number of hydrogen-bond acceptors (Lipinski definition) is 4. The minimum Gasteiger partial charge on any atom is -0.208 e. The van der Waals surface area contributed by atoms with Gasteiger partial charge in [0.1, 0.15) is 0 Å². The number of hydrogen-bond donors (Lipinski definition) is 0. The number of benzene rings is 6. The summed E-state index contributed by atoms with van der Waals surface area (Å²) in [7, 11) is 0. The molecule has 8 rings (SSSR count). The first-order valence-electron chi connectivity index (χ1n) is 13.6.